The lowest BCUT2D eigenvalue weighted by molar-refractivity contribution is 0.257. The normalized spacial score (nSPS) is 11.4. The maximum Gasteiger partial charge on any atom is 0.264 e. The summed E-state index contributed by atoms with van der Waals surface area (Å²) in [5, 5.41) is 2.98. The molecule has 0 aliphatic heterocycles. The molecule has 0 amide bonds. The molecule has 0 spiro atoms. The molecule has 0 unspecified atom stereocenters. The minimum Gasteiger partial charge on any atom is -0.467 e. The topological polar surface area (TPSA) is 106 Å². The lowest BCUT2D eigenvalue weighted by atomic mass is 10.4. The second kappa shape index (κ2) is 9.19. The molecule has 0 aliphatic rings. The Balaban J connectivity index is 1.83. The van der Waals surface area contributed by atoms with Crippen molar-refractivity contribution >= 4 is 50.6 Å². The number of sulfonamides is 1. The fourth-order valence-corrected chi connectivity index (χ4v) is 4.20. The van der Waals surface area contributed by atoms with Gasteiger partial charge in [-0.2, -0.15) is 4.98 Å². The Morgan fingerprint density at radius 2 is 1.90 bits per heavy atom. The summed E-state index contributed by atoms with van der Waals surface area (Å²) in [6.07, 6.45) is 1.18. The van der Waals surface area contributed by atoms with Crippen molar-refractivity contribution in [3.8, 4) is 5.88 Å². The van der Waals surface area contributed by atoms with Crippen LogP contribution in [0.5, 0.6) is 5.88 Å². The fraction of sp³-hybridized carbons (Fsp3) is 0.176. The van der Waals surface area contributed by atoms with E-state index in [0.717, 1.165) is 5.76 Å². The SMILES string of the molecule is CNCc1ccc(COc2nc(Cl)cnc2NS(=O)(=O)c2cccc(Cl)c2Cl)o1. The molecule has 8 nitrogen and oxygen atoms in total. The second-order valence-electron chi connectivity index (χ2n) is 5.69. The molecule has 0 fully saturated rings. The van der Waals surface area contributed by atoms with Crippen LogP contribution in [0.4, 0.5) is 5.82 Å². The third kappa shape index (κ3) is 5.31. The van der Waals surface area contributed by atoms with Crippen molar-refractivity contribution in [2.45, 2.75) is 18.0 Å². The summed E-state index contributed by atoms with van der Waals surface area (Å²) < 4.78 is 38.9. The van der Waals surface area contributed by atoms with E-state index in [1.54, 1.807) is 19.2 Å². The number of furan rings is 1. The summed E-state index contributed by atoms with van der Waals surface area (Å²) in [6.45, 7) is 0.549. The van der Waals surface area contributed by atoms with Gasteiger partial charge >= 0.3 is 0 Å². The van der Waals surface area contributed by atoms with Crippen LogP contribution >= 0.6 is 34.8 Å². The number of hydrogen-bond acceptors (Lipinski definition) is 7. The highest BCUT2D eigenvalue weighted by atomic mass is 35.5. The molecule has 0 saturated carbocycles. The van der Waals surface area contributed by atoms with E-state index in [1.165, 1.54) is 24.4 Å². The number of anilines is 1. The predicted octanol–water partition coefficient (Wildman–Crippen LogP) is 4.13. The van der Waals surface area contributed by atoms with Crippen LogP contribution in [-0.4, -0.2) is 25.4 Å². The van der Waals surface area contributed by atoms with Crippen LogP contribution in [-0.2, 0) is 23.2 Å². The van der Waals surface area contributed by atoms with Gasteiger partial charge in [-0.05, 0) is 31.3 Å². The van der Waals surface area contributed by atoms with Gasteiger partial charge in [0.1, 0.15) is 23.0 Å². The van der Waals surface area contributed by atoms with Gasteiger partial charge in [0, 0.05) is 0 Å². The van der Waals surface area contributed by atoms with Crippen molar-refractivity contribution in [2.75, 3.05) is 11.8 Å². The summed E-state index contributed by atoms with van der Waals surface area (Å²) in [7, 11) is -2.32. The molecule has 0 saturated heterocycles. The molecule has 1 aromatic carbocycles. The fourth-order valence-electron chi connectivity index (χ4n) is 2.30. The standard InChI is InChI=1S/C17H15Cl3N4O4S/c1-21-7-10-5-6-11(28-10)9-27-17-16(22-8-14(19)23-17)24-29(25,26)13-4-2-3-12(18)15(13)20/h2-6,8,21H,7,9H2,1H3,(H,22,24). The molecule has 154 valence electrons. The smallest absolute Gasteiger partial charge is 0.264 e. The zero-order valence-electron chi connectivity index (χ0n) is 14.9. The number of benzene rings is 1. The Hall–Kier alpha value is -2.04. The average Bonchev–Trinajstić information content (AvgIpc) is 3.11. The quantitative estimate of drug-likeness (QED) is 0.502. The van der Waals surface area contributed by atoms with E-state index < -0.39 is 10.0 Å². The van der Waals surface area contributed by atoms with Crippen LogP contribution in [0.1, 0.15) is 11.5 Å². The lowest BCUT2D eigenvalue weighted by Gasteiger charge is -2.12. The molecule has 0 atom stereocenters. The van der Waals surface area contributed by atoms with Crippen LogP contribution in [0, 0.1) is 0 Å². The third-order valence-electron chi connectivity index (χ3n) is 3.57. The van der Waals surface area contributed by atoms with Crippen LogP contribution < -0.4 is 14.8 Å². The van der Waals surface area contributed by atoms with E-state index in [1.807, 2.05) is 0 Å². The molecule has 29 heavy (non-hydrogen) atoms. The Bertz CT molecular complexity index is 1120. The number of hydrogen-bond donors (Lipinski definition) is 2. The van der Waals surface area contributed by atoms with Gasteiger partial charge in [-0.3, -0.25) is 4.72 Å². The minimum atomic E-state index is -4.11. The number of halogens is 3. The van der Waals surface area contributed by atoms with E-state index in [2.05, 4.69) is 20.0 Å². The zero-order valence-corrected chi connectivity index (χ0v) is 18.0. The van der Waals surface area contributed by atoms with Gasteiger partial charge in [0.15, 0.2) is 5.15 Å². The zero-order chi connectivity index (χ0) is 21.0. The number of nitrogens with zero attached hydrogens (tertiary/aromatic N) is 2. The van der Waals surface area contributed by atoms with E-state index in [0.29, 0.717) is 12.3 Å². The lowest BCUT2D eigenvalue weighted by Crippen LogP contribution is -2.16. The number of rotatable bonds is 8. The molecule has 2 N–H and O–H groups in total. The van der Waals surface area contributed by atoms with Crippen molar-refractivity contribution in [3.63, 3.8) is 0 Å². The predicted molar refractivity (Wildman–Crippen MR) is 110 cm³/mol. The summed E-state index contributed by atoms with van der Waals surface area (Å²) in [6, 6.07) is 7.79. The molecule has 12 heteroatoms. The molecule has 3 aromatic rings. The van der Waals surface area contributed by atoms with Crippen LogP contribution in [0.15, 0.2) is 45.8 Å². The molecule has 3 rings (SSSR count). The highest BCUT2D eigenvalue weighted by Gasteiger charge is 2.23. The molecule has 2 aromatic heterocycles. The largest absolute Gasteiger partial charge is 0.467 e. The first-order chi connectivity index (χ1) is 13.8. The Morgan fingerprint density at radius 3 is 2.66 bits per heavy atom. The maximum atomic E-state index is 12.7. The van der Waals surface area contributed by atoms with Gasteiger partial charge in [-0.1, -0.05) is 40.9 Å². The van der Waals surface area contributed by atoms with Gasteiger partial charge in [-0.25, -0.2) is 13.4 Å². The summed E-state index contributed by atoms with van der Waals surface area (Å²) >= 11 is 17.8. The highest BCUT2D eigenvalue weighted by Crippen LogP contribution is 2.31. The number of ether oxygens (including phenoxy) is 1. The Labute approximate surface area is 182 Å². The first kappa shape index (κ1) is 21.7. The van der Waals surface area contributed by atoms with E-state index in [4.69, 9.17) is 44.0 Å². The van der Waals surface area contributed by atoms with E-state index >= 15 is 0 Å². The van der Waals surface area contributed by atoms with E-state index in [-0.39, 0.29) is 38.4 Å². The monoisotopic (exact) mass is 476 g/mol. The van der Waals surface area contributed by atoms with Gasteiger partial charge in [0.25, 0.3) is 15.9 Å². The molecule has 0 bridgehead atoms. The third-order valence-corrected chi connectivity index (χ3v) is 6.06. The molecular formula is C17H15Cl3N4O4S. The second-order valence-corrected chi connectivity index (χ2v) is 8.51. The summed E-state index contributed by atoms with van der Waals surface area (Å²) in [4.78, 5) is 7.74. The first-order valence-corrected chi connectivity index (χ1v) is 10.8. The highest BCUT2D eigenvalue weighted by molar-refractivity contribution is 7.92. The van der Waals surface area contributed by atoms with Crippen molar-refractivity contribution in [1.29, 1.82) is 0 Å². The Morgan fingerprint density at radius 1 is 1.14 bits per heavy atom. The van der Waals surface area contributed by atoms with Crippen LogP contribution in [0.3, 0.4) is 0 Å². The number of aromatic nitrogens is 2. The minimum absolute atomic E-state index is 0.00855. The van der Waals surface area contributed by atoms with Gasteiger partial charge < -0.3 is 14.5 Å². The van der Waals surface area contributed by atoms with Crippen LogP contribution in [0.25, 0.3) is 0 Å². The number of nitrogens with one attached hydrogen (secondary N) is 2. The maximum absolute atomic E-state index is 12.7. The van der Waals surface area contributed by atoms with Gasteiger partial charge in [0.05, 0.1) is 22.8 Å². The summed E-state index contributed by atoms with van der Waals surface area (Å²) in [5.74, 6) is 0.960. The Kier molecular flexibility index (Phi) is 6.86. The molecule has 0 aliphatic carbocycles. The molecular weight excluding hydrogens is 463 g/mol. The van der Waals surface area contributed by atoms with Crippen molar-refractivity contribution in [1.82, 2.24) is 15.3 Å². The first-order valence-electron chi connectivity index (χ1n) is 8.14. The molecule has 0 radical (unpaired) electrons. The molecule has 2 heterocycles. The van der Waals surface area contributed by atoms with Crippen LogP contribution in [0.2, 0.25) is 15.2 Å². The van der Waals surface area contributed by atoms with Gasteiger partial charge in [-0.15, -0.1) is 0 Å². The van der Waals surface area contributed by atoms with Crippen molar-refractivity contribution in [3.05, 3.63) is 63.2 Å². The van der Waals surface area contributed by atoms with Crippen molar-refractivity contribution < 1.29 is 17.6 Å². The summed E-state index contributed by atoms with van der Waals surface area (Å²) in [5.41, 5.74) is 0. The van der Waals surface area contributed by atoms with E-state index in [9.17, 15) is 8.42 Å². The average molecular weight is 478 g/mol. The van der Waals surface area contributed by atoms with Gasteiger partial charge in [0.2, 0.25) is 5.82 Å². The van der Waals surface area contributed by atoms with Crippen molar-refractivity contribution in [2.24, 2.45) is 0 Å².